The van der Waals surface area contributed by atoms with Gasteiger partial charge in [-0.3, -0.25) is 0 Å². The molecule has 22 heavy (non-hydrogen) atoms. The van der Waals surface area contributed by atoms with Crippen molar-refractivity contribution in [3.05, 3.63) is 34.9 Å². The minimum atomic E-state index is -0.142. The van der Waals surface area contributed by atoms with Crippen molar-refractivity contribution in [2.24, 2.45) is 5.92 Å². The number of hydrogen-bond donors (Lipinski definition) is 1. The van der Waals surface area contributed by atoms with Crippen LogP contribution in [0.5, 0.6) is 0 Å². The Hall–Kier alpha value is -0.860. The van der Waals surface area contributed by atoms with E-state index in [4.69, 9.17) is 0 Å². The number of likely N-dealkylation sites (tertiary alicyclic amines) is 1. The van der Waals surface area contributed by atoms with E-state index in [1.165, 1.54) is 49.0 Å². The van der Waals surface area contributed by atoms with Crippen molar-refractivity contribution in [2.75, 3.05) is 19.6 Å². The normalized spacial score (nSPS) is 30.8. The molecule has 122 valence electrons. The van der Waals surface area contributed by atoms with Gasteiger partial charge in [0.2, 0.25) is 0 Å². The number of benzene rings is 1. The summed E-state index contributed by atoms with van der Waals surface area (Å²) < 4.78 is 0. The Morgan fingerprint density at radius 3 is 2.55 bits per heavy atom. The third kappa shape index (κ3) is 3.23. The first kappa shape index (κ1) is 16.0. The van der Waals surface area contributed by atoms with Crippen molar-refractivity contribution < 1.29 is 5.11 Å². The molecule has 3 rings (SSSR count). The van der Waals surface area contributed by atoms with Gasteiger partial charge in [0.15, 0.2) is 0 Å². The summed E-state index contributed by atoms with van der Waals surface area (Å²) in [4.78, 5) is 2.46. The third-order valence-corrected chi connectivity index (χ3v) is 5.91. The van der Waals surface area contributed by atoms with Crippen molar-refractivity contribution in [1.82, 2.24) is 4.90 Å². The zero-order valence-electron chi connectivity index (χ0n) is 14.4. The van der Waals surface area contributed by atoms with Gasteiger partial charge in [0.1, 0.15) is 0 Å². The zero-order chi connectivity index (χ0) is 15.7. The van der Waals surface area contributed by atoms with Gasteiger partial charge in [0.25, 0.3) is 0 Å². The summed E-state index contributed by atoms with van der Waals surface area (Å²) in [6, 6.07) is 6.79. The molecule has 2 heteroatoms. The number of hydrogen-bond acceptors (Lipinski definition) is 2. The van der Waals surface area contributed by atoms with Gasteiger partial charge >= 0.3 is 0 Å². The summed E-state index contributed by atoms with van der Waals surface area (Å²) >= 11 is 0. The lowest BCUT2D eigenvalue weighted by Gasteiger charge is -2.49. The maximum atomic E-state index is 10.6. The monoisotopic (exact) mass is 301 g/mol. The Morgan fingerprint density at radius 2 is 1.86 bits per heavy atom. The predicted octanol–water partition coefficient (Wildman–Crippen LogP) is 3.82. The molecule has 0 unspecified atom stereocenters. The second-order valence-electron chi connectivity index (χ2n) is 7.98. The fraction of sp³-hybridized carbons (Fsp3) is 0.700. The Labute approximate surface area is 135 Å². The highest BCUT2D eigenvalue weighted by molar-refractivity contribution is 5.38. The lowest BCUT2D eigenvalue weighted by atomic mass is 9.57. The Kier molecular flexibility index (Phi) is 4.61. The molecule has 0 aromatic heterocycles. The second kappa shape index (κ2) is 6.33. The standard InChI is InChI=1S/C20H31NO/c1-15-7-8-16(2)18(11-15)20(3)12-17(13-20)19(22)14-21-9-5-4-6-10-21/h7-8,11,17,19,22H,4-6,9-10,12-14H2,1-3H3/t17?,19-,20?/m0/s1. The molecule has 2 nitrogen and oxygen atoms in total. The largest absolute Gasteiger partial charge is 0.392 e. The fourth-order valence-electron chi connectivity index (χ4n) is 4.53. The Balaban J connectivity index is 1.59. The number of aryl methyl sites for hydroxylation is 2. The third-order valence-electron chi connectivity index (χ3n) is 5.91. The molecule has 1 aliphatic heterocycles. The zero-order valence-corrected chi connectivity index (χ0v) is 14.4. The van der Waals surface area contributed by atoms with E-state index in [0.29, 0.717) is 5.92 Å². The van der Waals surface area contributed by atoms with E-state index in [-0.39, 0.29) is 11.5 Å². The van der Waals surface area contributed by atoms with Crippen molar-refractivity contribution in [1.29, 1.82) is 0 Å². The van der Waals surface area contributed by atoms with E-state index >= 15 is 0 Å². The summed E-state index contributed by atoms with van der Waals surface area (Å²) in [5, 5.41) is 10.6. The van der Waals surface area contributed by atoms with Gasteiger partial charge in [-0.1, -0.05) is 37.1 Å². The number of aliphatic hydroxyl groups is 1. The highest BCUT2D eigenvalue weighted by Crippen LogP contribution is 2.50. The summed E-state index contributed by atoms with van der Waals surface area (Å²) in [6.07, 6.45) is 6.09. The molecule has 1 aromatic carbocycles. The molecule has 0 amide bonds. The summed E-state index contributed by atoms with van der Waals surface area (Å²) in [6.45, 7) is 10.0. The lowest BCUT2D eigenvalue weighted by Crippen LogP contribution is -2.48. The number of aliphatic hydroxyl groups excluding tert-OH is 1. The number of β-amino-alcohol motifs (C(OH)–C–C–N with tert-alkyl or cyclic N) is 1. The smallest absolute Gasteiger partial charge is 0.0695 e. The van der Waals surface area contributed by atoms with Crippen LogP contribution in [0.2, 0.25) is 0 Å². The molecule has 2 fully saturated rings. The topological polar surface area (TPSA) is 23.5 Å². The predicted molar refractivity (Wildman–Crippen MR) is 92.3 cm³/mol. The highest BCUT2D eigenvalue weighted by atomic mass is 16.3. The van der Waals surface area contributed by atoms with Crippen LogP contribution >= 0.6 is 0 Å². The first-order valence-corrected chi connectivity index (χ1v) is 8.96. The summed E-state index contributed by atoms with van der Waals surface area (Å²) in [5.41, 5.74) is 4.51. The van der Waals surface area contributed by atoms with E-state index in [1.807, 2.05) is 0 Å². The molecule has 1 aromatic rings. The van der Waals surface area contributed by atoms with Crippen LogP contribution in [0.4, 0.5) is 0 Å². The van der Waals surface area contributed by atoms with Crippen LogP contribution in [-0.4, -0.2) is 35.7 Å². The minimum Gasteiger partial charge on any atom is -0.392 e. The molecule has 1 N–H and O–H groups in total. The van der Waals surface area contributed by atoms with Gasteiger partial charge in [-0.15, -0.1) is 0 Å². The van der Waals surface area contributed by atoms with E-state index in [1.54, 1.807) is 0 Å². The van der Waals surface area contributed by atoms with E-state index in [2.05, 4.69) is 43.9 Å². The van der Waals surface area contributed by atoms with Crippen molar-refractivity contribution in [2.45, 2.75) is 64.4 Å². The molecule has 0 radical (unpaired) electrons. The van der Waals surface area contributed by atoms with Crippen molar-refractivity contribution >= 4 is 0 Å². The summed E-state index contributed by atoms with van der Waals surface area (Å²) in [5.74, 6) is 0.479. The van der Waals surface area contributed by atoms with Crippen LogP contribution in [0.15, 0.2) is 18.2 Å². The molecular weight excluding hydrogens is 270 g/mol. The summed E-state index contributed by atoms with van der Waals surface area (Å²) in [7, 11) is 0. The van der Waals surface area contributed by atoms with E-state index < -0.39 is 0 Å². The first-order chi connectivity index (χ1) is 10.5. The van der Waals surface area contributed by atoms with E-state index in [0.717, 1.165) is 19.4 Å². The SMILES string of the molecule is Cc1ccc(C)c(C2(C)CC([C@@H](O)CN3CCCCC3)C2)c1. The van der Waals surface area contributed by atoms with Crippen molar-refractivity contribution in [3.8, 4) is 0 Å². The molecule has 1 saturated heterocycles. The quantitative estimate of drug-likeness (QED) is 0.914. The average molecular weight is 301 g/mol. The van der Waals surface area contributed by atoms with Gasteiger partial charge in [0.05, 0.1) is 6.10 Å². The van der Waals surface area contributed by atoms with Crippen LogP contribution in [0, 0.1) is 19.8 Å². The molecule has 1 saturated carbocycles. The highest BCUT2D eigenvalue weighted by Gasteiger charge is 2.45. The Morgan fingerprint density at radius 1 is 1.18 bits per heavy atom. The van der Waals surface area contributed by atoms with Gasteiger partial charge < -0.3 is 10.0 Å². The lowest BCUT2D eigenvalue weighted by molar-refractivity contribution is -0.00873. The molecule has 1 atom stereocenters. The Bertz CT molecular complexity index is 512. The molecule has 0 spiro atoms. The van der Waals surface area contributed by atoms with Gasteiger partial charge in [-0.05, 0) is 75.1 Å². The van der Waals surface area contributed by atoms with Gasteiger partial charge in [-0.2, -0.15) is 0 Å². The van der Waals surface area contributed by atoms with Gasteiger partial charge in [-0.25, -0.2) is 0 Å². The number of piperidine rings is 1. The molecule has 1 heterocycles. The number of rotatable bonds is 4. The molecule has 2 aliphatic rings. The van der Waals surface area contributed by atoms with Crippen LogP contribution in [0.25, 0.3) is 0 Å². The maximum absolute atomic E-state index is 10.6. The van der Waals surface area contributed by atoms with Gasteiger partial charge in [0, 0.05) is 6.54 Å². The maximum Gasteiger partial charge on any atom is 0.0695 e. The average Bonchev–Trinajstić information content (AvgIpc) is 2.47. The fourth-order valence-corrected chi connectivity index (χ4v) is 4.53. The molecule has 1 aliphatic carbocycles. The number of nitrogens with zero attached hydrogens (tertiary/aromatic N) is 1. The van der Waals surface area contributed by atoms with Crippen LogP contribution in [0.3, 0.4) is 0 Å². The van der Waals surface area contributed by atoms with Crippen LogP contribution < -0.4 is 0 Å². The first-order valence-electron chi connectivity index (χ1n) is 8.96. The second-order valence-corrected chi connectivity index (χ2v) is 7.98. The molecule has 0 bridgehead atoms. The van der Waals surface area contributed by atoms with E-state index in [9.17, 15) is 5.11 Å². The van der Waals surface area contributed by atoms with Crippen LogP contribution in [0.1, 0.15) is 55.7 Å². The van der Waals surface area contributed by atoms with Crippen molar-refractivity contribution in [3.63, 3.8) is 0 Å². The van der Waals surface area contributed by atoms with Crippen LogP contribution in [-0.2, 0) is 5.41 Å². The molecular formula is C20H31NO. The minimum absolute atomic E-state index is 0.142.